The van der Waals surface area contributed by atoms with Gasteiger partial charge in [0.1, 0.15) is 6.04 Å². The fourth-order valence-corrected chi connectivity index (χ4v) is 5.64. The van der Waals surface area contributed by atoms with Crippen molar-refractivity contribution in [3.05, 3.63) is 114 Å². The van der Waals surface area contributed by atoms with Crippen molar-refractivity contribution >= 4 is 32.6 Å². The lowest BCUT2D eigenvalue weighted by atomic mass is 10.0. The van der Waals surface area contributed by atoms with Gasteiger partial charge in [-0.25, -0.2) is 8.42 Å². The van der Waals surface area contributed by atoms with E-state index in [-0.39, 0.29) is 17.3 Å². The maximum Gasteiger partial charge on any atom is 0.243 e. The molecule has 39 heavy (non-hydrogen) atoms. The Morgan fingerprint density at radius 3 is 2.13 bits per heavy atom. The second-order valence-corrected chi connectivity index (χ2v) is 11.6. The molecule has 202 valence electrons. The molecule has 7 nitrogen and oxygen atoms in total. The number of hydrogen-bond acceptors (Lipinski definition) is 4. The molecule has 0 unspecified atom stereocenters. The molecule has 0 saturated carbocycles. The predicted octanol–water partition coefficient (Wildman–Crippen LogP) is 4.15. The standard InChI is InChI=1S/C31H33N3O4S/c1-23-13-15-25(16-14-23)21-34(29(31(36)32-2)19-24-9-5-4-6-10-24)30(35)22-33(3)39(37,38)28-18-17-26-11-7-8-12-27(26)20-28/h4-18,20,29H,19,21-22H2,1-3H3,(H,32,36)/t29-/m0/s1. The Hall–Kier alpha value is -4.01. The Kier molecular flexibility index (Phi) is 8.79. The number of carbonyl (C=O) groups is 2. The first-order chi connectivity index (χ1) is 18.7. The molecule has 0 aliphatic carbocycles. The number of aryl methyl sites for hydroxylation is 1. The zero-order valence-electron chi connectivity index (χ0n) is 22.4. The van der Waals surface area contributed by atoms with Crippen LogP contribution >= 0.6 is 0 Å². The number of nitrogens with one attached hydrogen (secondary N) is 1. The number of sulfonamides is 1. The molecule has 0 aromatic heterocycles. The van der Waals surface area contributed by atoms with Crippen molar-refractivity contribution in [2.75, 3.05) is 20.6 Å². The Morgan fingerprint density at radius 2 is 1.46 bits per heavy atom. The van der Waals surface area contributed by atoms with E-state index in [2.05, 4.69) is 5.32 Å². The minimum atomic E-state index is -3.96. The summed E-state index contributed by atoms with van der Waals surface area (Å²) in [7, 11) is -1.04. The number of fused-ring (bicyclic) bond motifs is 1. The van der Waals surface area contributed by atoms with Crippen LogP contribution in [-0.4, -0.2) is 56.1 Å². The molecule has 0 aliphatic heterocycles. The summed E-state index contributed by atoms with van der Waals surface area (Å²) < 4.78 is 28.0. The van der Waals surface area contributed by atoms with Gasteiger partial charge in [0.2, 0.25) is 21.8 Å². The highest BCUT2D eigenvalue weighted by Crippen LogP contribution is 2.22. The van der Waals surface area contributed by atoms with Crippen molar-refractivity contribution in [3.63, 3.8) is 0 Å². The second kappa shape index (κ2) is 12.2. The molecule has 4 aromatic carbocycles. The molecule has 0 spiro atoms. The largest absolute Gasteiger partial charge is 0.357 e. The van der Waals surface area contributed by atoms with Crippen LogP contribution in [0.2, 0.25) is 0 Å². The maximum absolute atomic E-state index is 13.8. The molecule has 1 N–H and O–H groups in total. The van der Waals surface area contributed by atoms with E-state index in [0.717, 1.165) is 31.8 Å². The van der Waals surface area contributed by atoms with Crippen LogP contribution in [0.3, 0.4) is 0 Å². The molecule has 0 fully saturated rings. The van der Waals surface area contributed by atoms with E-state index >= 15 is 0 Å². The maximum atomic E-state index is 13.8. The summed E-state index contributed by atoms with van der Waals surface area (Å²) in [4.78, 5) is 28.5. The van der Waals surface area contributed by atoms with Crippen molar-refractivity contribution in [1.29, 1.82) is 0 Å². The Bertz CT molecular complexity index is 1550. The number of nitrogens with zero attached hydrogens (tertiary/aromatic N) is 2. The molecule has 0 bridgehead atoms. The molecule has 1 atom stereocenters. The molecule has 4 aromatic rings. The van der Waals surface area contributed by atoms with Gasteiger partial charge in [0.15, 0.2) is 0 Å². The van der Waals surface area contributed by atoms with Crippen LogP contribution in [0.1, 0.15) is 16.7 Å². The van der Waals surface area contributed by atoms with E-state index in [0.29, 0.717) is 6.42 Å². The molecule has 0 aliphatic rings. The molecular formula is C31H33N3O4S. The molecule has 2 amide bonds. The van der Waals surface area contributed by atoms with Gasteiger partial charge < -0.3 is 10.2 Å². The third-order valence-corrected chi connectivity index (χ3v) is 8.58. The quantitative estimate of drug-likeness (QED) is 0.326. The van der Waals surface area contributed by atoms with Crippen LogP contribution in [0.4, 0.5) is 0 Å². The average molecular weight is 544 g/mol. The van der Waals surface area contributed by atoms with Crippen LogP contribution < -0.4 is 5.32 Å². The molecule has 0 heterocycles. The number of benzene rings is 4. The van der Waals surface area contributed by atoms with Gasteiger partial charge in [-0.3, -0.25) is 9.59 Å². The van der Waals surface area contributed by atoms with Crippen molar-refractivity contribution in [3.8, 4) is 0 Å². The number of amides is 2. The summed E-state index contributed by atoms with van der Waals surface area (Å²) >= 11 is 0. The SMILES string of the molecule is CNC(=O)[C@H](Cc1ccccc1)N(Cc1ccc(C)cc1)C(=O)CN(C)S(=O)(=O)c1ccc2ccccc2c1. The van der Waals surface area contributed by atoms with E-state index in [1.54, 1.807) is 18.2 Å². The van der Waals surface area contributed by atoms with Gasteiger partial charge >= 0.3 is 0 Å². The molecular weight excluding hydrogens is 510 g/mol. The second-order valence-electron chi connectivity index (χ2n) is 9.60. The topological polar surface area (TPSA) is 86.8 Å². The van der Waals surface area contributed by atoms with Crippen molar-refractivity contribution in [2.24, 2.45) is 0 Å². The summed E-state index contributed by atoms with van der Waals surface area (Å²) in [6.45, 7) is 1.72. The van der Waals surface area contributed by atoms with Crippen LogP contribution in [0.15, 0.2) is 102 Å². The van der Waals surface area contributed by atoms with E-state index in [9.17, 15) is 18.0 Å². The lowest BCUT2D eigenvalue weighted by Gasteiger charge is -2.32. The zero-order chi connectivity index (χ0) is 28.0. The number of carbonyl (C=O) groups excluding carboxylic acids is 2. The molecule has 8 heteroatoms. The smallest absolute Gasteiger partial charge is 0.243 e. The van der Waals surface area contributed by atoms with E-state index in [1.807, 2.05) is 85.8 Å². The summed E-state index contributed by atoms with van der Waals surface area (Å²) in [6.07, 6.45) is 0.291. The van der Waals surface area contributed by atoms with E-state index < -0.39 is 28.5 Å². The fourth-order valence-electron chi connectivity index (χ4n) is 4.48. The summed E-state index contributed by atoms with van der Waals surface area (Å²) in [5, 5.41) is 4.40. The number of likely N-dealkylation sites (N-methyl/N-ethyl adjacent to an activating group) is 2. The van der Waals surface area contributed by atoms with Crippen LogP contribution in [0.25, 0.3) is 10.8 Å². The number of hydrogen-bond donors (Lipinski definition) is 1. The van der Waals surface area contributed by atoms with Crippen LogP contribution in [0, 0.1) is 6.92 Å². The van der Waals surface area contributed by atoms with E-state index in [4.69, 9.17) is 0 Å². The highest BCUT2D eigenvalue weighted by atomic mass is 32.2. The molecule has 0 radical (unpaired) electrons. The van der Waals surface area contributed by atoms with Crippen molar-refractivity contribution in [1.82, 2.24) is 14.5 Å². The normalized spacial score (nSPS) is 12.3. The first-order valence-corrected chi connectivity index (χ1v) is 14.2. The summed E-state index contributed by atoms with van der Waals surface area (Å²) in [5.74, 6) is -0.786. The number of rotatable bonds is 10. The lowest BCUT2D eigenvalue weighted by molar-refractivity contribution is -0.141. The Balaban J connectivity index is 1.64. The Morgan fingerprint density at radius 1 is 0.821 bits per heavy atom. The summed E-state index contributed by atoms with van der Waals surface area (Å²) in [5.41, 5.74) is 2.81. The summed E-state index contributed by atoms with van der Waals surface area (Å²) in [6, 6.07) is 28.7. The molecule has 0 saturated heterocycles. The third-order valence-electron chi connectivity index (χ3n) is 6.78. The lowest BCUT2D eigenvalue weighted by Crippen LogP contribution is -2.52. The van der Waals surface area contributed by atoms with Gasteiger partial charge in [-0.1, -0.05) is 90.5 Å². The first kappa shape index (κ1) is 28.0. The van der Waals surface area contributed by atoms with Gasteiger partial charge in [0, 0.05) is 27.1 Å². The van der Waals surface area contributed by atoms with Gasteiger partial charge in [-0.05, 0) is 41.0 Å². The highest BCUT2D eigenvalue weighted by Gasteiger charge is 2.32. The minimum absolute atomic E-state index is 0.105. The first-order valence-electron chi connectivity index (χ1n) is 12.7. The predicted molar refractivity (Wildman–Crippen MR) is 153 cm³/mol. The van der Waals surface area contributed by atoms with Crippen LogP contribution in [0.5, 0.6) is 0 Å². The average Bonchev–Trinajstić information content (AvgIpc) is 2.95. The monoisotopic (exact) mass is 543 g/mol. The van der Waals surface area contributed by atoms with Crippen LogP contribution in [-0.2, 0) is 32.6 Å². The van der Waals surface area contributed by atoms with Gasteiger partial charge in [0.05, 0.1) is 11.4 Å². The van der Waals surface area contributed by atoms with Crippen molar-refractivity contribution < 1.29 is 18.0 Å². The van der Waals surface area contributed by atoms with E-state index in [1.165, 1.54) is 19.0 Å². The molecule has 4 rings (SSSR count). The Labute approximate surface area is 230 Å². The van der Waals surface area contributed by atoms with Gasteiger partial charge in [-0.2, -0.15) is 4.31 Å². The fraction of sp³-hybridized carbons (Fsp3) is 0.226. The van der Waals surface area contributed by atoms with Gasteiger partial charge in [0.25, 0.3) is 0 Å². The highest BCUT2D eigenvalue weighted by molar-refractivity contribution is 7.89. The van der Waals surface area contributed by atoms with Gasteiger partial charge in [-0.15, -0.1) is 0 Å². The zero-order valence-corrected chi connectivity index (χ0v) is 23.2. The third kappa shape index (κ3) is 6.71. The van der Waals surface area contributed by atoms with Crippen molar-refractivity contribution in [2.45, 2.75) is 30.8 Å². The minimum Gasteiger partial charge on any atom is -0.357 e.